The van der Waals surface area contributed by atoms with E-state index in [0.29, 0.717) is 5.69 Å². The quantitative estimate of drug-likeness (QED) is 0.357. The number of hydrazine groups is 1. The summed E-state index contributed by atoms with van der Waals surface area (Å²) in [6.45, 7) is 1.66. The van der Waals surface area contributed by atoms with Crippen molar-refractivity contribution in [1.82, 2.24) is 10.4 Å². The average Bonchev–Trinajstić information content (AvgIpc) is 2.08. The largest absolute Gasteiger partial charge is 0.290 e. The molecule has 64 valence electrons. The van der Waals surface area contributed by atoms with Gasteiger partial charge in [-0.2, -0.15) is 0 Å². The van der Waals surface area contributed by atoms with Gasteiger partial charge in [-0.1, -0.05) is 0 Å². The molecule has 0 aliphatic heterocycles. The van der Waals surface area contributed by atoms with Crippen LogP contribution in [0, 0.1) is 12.7 Å². The van der Waals surface area contributed by atoms with E-state index in [1.54, 1.807) is 6.92 Å². The molecular weight excluding hydrogens is 161 g/mol. The van der Waals surface area contributed by atoms with Gasteiger partial charge in [0, 0.05) is 5.69 Å². The molecule has 3 N–H and O–H groups in total. The first-order valence-corrected chi connectivity index (χ1v) is 3.28. The number of halogens is 1. The lowest BCUT2D eigenvalue weighted by atomic mass is 10.2. The van der Waals surface area contributed by atoms with E-state index < -0.39 is 11.7 Å². The highest BCUT2D eigenvalue weighted by Gasteiger charge is 2.10. The minimum atomic E-state index is -0.677. The summed E-state index contributed by atoms with van der Waals surface area (Å²) in [6, 6.07) is 1.33. The lowest BCUT2D eigenvalue weighted by molar-refractivity contribution is 0.0949. The first-order valence-electron chi connectivity index (χ1n) is 3.28. The normalized spacial score (nSPS) is 9.58. The van der Waals surface area contributed by atoms with E-state index in [-0.39, 0.29) is 5.56 Å². The van der Waals surface area contributed by atoms with Crippen molar-refractivity contribution < 1.29 is 9.18 Å². The van der Waals surface area contributed by atoms with Crippen LogP contribution in [0.3, 0.4) is 0 Å². The summed E-state index contributed by atoms with van der Waals surface area (Å²) in [6.07, 6.45) is 0.986. The Kier molecular flexibility index (Phi) is 2.35. The first kappa shape index (κ1) is 8.61. The molecule has 1 aromatic rings. The molecule has 1 rings (SSSR count). The topological polar surface area (TPSA) is 68.0 Å². The van der Waals surface area contributed by atoms with Crippen molar-refractivity contribution in [2.24, 2.45) is 5.84 Å². The molecule has 1 heterocycles. The Morgan fingerprint density at radius 3 is 3.00 bits per heavy atom. The summed E-state index contributed by atoms with van der Waals surface area (Å²) in [5, 5.41) is 0. The monoisotopic (exact) mass is 169 g/mol. The van der Waals surface area contributed by atoms with Crippen LogP contribution in [0.5, 0.6) is 0 Å². The summed E-state index contributed by atoms with van der Waals surface area (Å²) >= 11 is 0. The van der Waals surface area contributed by atoms with E-state index in [2.05, 4.69) is 4.98 Å². The number of hydrogen-bond acceptors (Lipinski definition) is 3. The maximum atomic E-state index is 12.8. The molecule has 0 spiro atoms. The van der Waals surface area contributed by atoms with E-state index in [0.717, 1.165) is 6.20 Å². The first-order chi connectivity index (χ1) is 5.65. The van der Waals surface area contributed by atoms with Crippen LogP contribution in [0.4, 0.5) is 4.39 Å². The van der Waals surface area contributed by atoms with E-state index in [9.17, 15) is 9.18 Å². The van der Waals surface area contributed by atoms with E-state index >= 15 is 0 Å². The van der Waals surface area contributed by atoms with Gasteiger partial charge in [-0.3, -0.25) is 15.2 Å². The molecule has 0 radical (unpaired) electrons. The molecule has 1 aromatic heterocycles. The van der Waals surface area contributed by atoms with Crippen LogP contribution < -0.4 is 11.3 Å². The van der Waals surface area contributed by atoms with E-state index in [1.165, 1.54) is 6.07 Å². The highest BCUT2D eigenvalue weighted by Crippen LogP contribution is 2.06. The molecule has 4 nitrogen and oxygen atoms in total. The summed E-state index contributed by atoms with van der Waals surface area (Å²) < 4.78 is 12.8. The van der Waals surface area contributed by atoms with Crippen molar-refractivity contribution in [3.8, 4) is 0 Å². The smallest absolute Gasteiger partial charge is 0.268 e. The molecule has 0 bridgehead atoms. The third-order valence-corrected chi connectivity index (χ3v) is 1.37. The van der Waals surface area contributed by atoms with Gasteiger partial charge >= 0.3 is 0 Å². The van der Waals surface area contributed by atoms with Gasteiger partial charge in [0.15, 0.2) is 5.82 Å². The second-order valence-corrected chi connectivity index (χ2v) is 2.28. The van der Waals surface area contributed by atoms with Crippen LogP contribution >= 0.6 is 0 Å². The Labute approximate surface area is 68.6 Å². The second kappa shape index (κ2) is 3.27. The molecule has 0 unspecified atom stereocenters. The van der Waals surface area contributed by atoms with Crippen molar-refractivity contribution in [3.63, 3.8) is 0 Å². The number of nitrogens with zero attached hydrogens (tertiary/aromatic N) is 1. The number of nitrogens with two attached hydrogens (primary N) is 1. The van der Waals surface area contributed by atoms with Crippen molar-refractivity contribution in [1.29, 1.82) is 0 Å². The maximum Gasteiger partial charge on any atom is 0.268 e. The number of amides is 1. The van der Waals surface area contributed by atoms with Crippen molar-refractivity contribution in [3.05, 3.63) is 29.3 Å². The maximum absolute atomic E-state index is 12.8. The predicted octanol–water partition coefficient (Wildman–Crippen LogP) is 0.133. The molecule has 1 amide bonds. The zero-order chi connectivity index (χ0) is 9.14. The van der Waals surface area contributed by atoms with Crippen molar-refractivity contribution >= 4 is 5.91 Å². The number of carbonyl (C=O) groups excluding carboxylic acids is 1. The van der Waals surface area contributed by atoms with Gasteiger partial charge in [-0.15, -0.1) is 0 Å². The third kappa shape index (κ3) is 1.57. The molecule has 0 atom stereocenters. The Bertz CT molecular complexity index is 314. The highest BCUT2D eigenvalue weighted by molar-refractivity contribution is 5.93. The number of nitrogen functional groups attached to an aromatic ring is 1. The lowest BCUT2D eigenvalue weighted by Gasteiger charge is -2.00. The van der Waals surface area contributed by atoms with E-state index in [1.807, 2.05) is 5.43 Å². The number of pyridine rings is 1. The van der Waals surface area contributed by atoms with E-state index in [4.69, 9.17) is 5.84 Å². The zero-order valence-corrected chi connectivity index (χ0v) is 6.47. The summed E-state index contributed by atoms with van der Waals surface area (Å²) in [5.41, 5.74) is 2.31. The number of nitrogens with one attached hydrogen (secondary N) is 1. The predicted molar refractivity (Wildman–Crippen MR) is 40.6 cm³/mol. The molecule has 0 aliphatic carbocycles. The minimum absolute atomic E-state index is 0.0926. The standard InChI is InChI=1S/C7H8FN3O/c1-4-2-5(7(12)11-9)6(8)3-10-4/h2-3H,9H2,1H3,(H,11,12). The van der Waals surface area contributed by atoms with Crippen LogP contribution in [-0.2, 0) is 0 Å². The van der Waals surface area contributed by atoms with Crippen molar-refractivity contribution in [2.45, 2.75) is 6.92 Å². The number of carbonyl (C=O) groups is 1. The van der Waals surface area contributed by atoms with Gasteiger partial charge in [-0.05, 0) is 13.0 Å². The minimum Gasteiger partial charge on any atom is -0.290 e. The molecule has 5 heteroatoms. The Hall–Kier alpha value is -1.49. The van der Waals surface area contributed by atoms with Gasteiger partial charge < -0.3 is 0 Å². The highest BCUT2D eigenvalue weighted by atomic mass is 19.1. The second-order valence-electron chi connectivity index (χ2n) is 2.28. The Balaban J connectivity index is 3.13. The fourth-order valence-corrected chi connectivity index (χ4v) is 0.795. The molecule has 0 saturated carbocycles. The third-order valence-electron chi connectivity index (χ3n) is 1.37. The molecule has 0 aromatic carbocycles. The fraction of sp³-hybridized carbons (Fsp3) is 0.143. The number of aryl methyl sites for hydroxylation is 1. The van der Waals surface area contributed by atoms with Gasteiger partial charge in [-0.25, -0.2) is 10.2 Å². The van der Waals surface area contributed by atoms with Gasteiger partial charge in [0.25, 0.3) is 5.91 Å². The molecule has 12 heavy (non-hydrogen) atoms. The SMILES string of the molecule is Cc1cc(C(=O)NN)c(F)cn1. The summed E-state index contributed by atoms with van der Waals surface area (Å²) in [4.78, 5) is 14.5. The van der Waals surface area contributed by atoms with Crippen LogP contribution in [0.1, 0.15) is 16.1 Å². The number of hydrogen-bond donors (Lipinski definition) is 2. The lowest BCUT2D eigenvalue weighted by Crippen LogP contribution is -2.30. The Morgan fingerprint density at radius 2 is 2.42 bits per heavy atom. The molecule has 0 saturated heterocycles. The van der Waals surface area contributed by atoms with Crippen LogP contribution in [0.15, 0.2) is 12.3 Å². The van der Waals surface area contributed by atoms with Gasteiger partial charge in [0.1, 0.15) is 0 Å². The summed E-state index contributed by atoms with van der Waals surface area (Å²) in [5.74, 6) is 3.50. The number of rotatable bonds is 1. The molecular formula is C7H8FN3O. The van der Waals surface area contributed by atoms with Gasteiger partial charge in [0.05, 0.1) is 11.8 Å². The number of aromatic nitrogens is 1. The molecule has 0 aliphatic rings. The van der Waals surface area contributed by atoms with Crippen molar-refractivity contribution in [2.75, 3.05) is 0 Å². The van der Waals surface area contributed by atoms with Crippen LogP contribution in [0.25, 0.3) is 0 Å². The zero-order valence-electron chi connectivity index (χ0n) is 6.47. The fourth-order valence-electron chi connectivity index (χ4n) is 0.795. The molecule has 0 fully saturated rings. The van der Waals surface area contributed by atoms with Gasteiger partial charge in [0.2, 0.25) is 0 Å². The Morgan fingerprint density at radius 1 is 1.75 bits per heavy atom. The summed E-state index contributed by atoms with van der Waals surface area (Å²) in [7, 11) is 0. The van der Waals surface area contributed by atoms with Crippen LogP contribution in [-0.4, -0.2) is 10.9 Å². The van der Waals surface area contributed by atoms with Crippen LogP contribution in [0.2, 0.25) is 0 Å². The average molecular weight is 169 g/mol.